The summed E-state index contributed by atoms with van der Waals surface area (Å²) in [6.45, 7) is 7.58. The van der Waals surface area contributed by atoms with Crippen molar-refractivity contribution in [3.05, 3.63) is 59.7 Å². The fourth-order valence-corrected chi connectivity index (χ4v) is 6.55. The molecule has 314 valence electrons. The smallest absolute Gasteiger partial charge is 0.323 e. The molecule has 2 aromatic rings. The molecule has 0 saturated carbocycles. The second-order valence-corrected chi connectivity index (χ2v) is 13.4. The highest BCUT2D eigenvalue weighted by atomic mass is 16.7. The van der Waals surface area contributed by atoms with Crippen LogP contribution in [0.1, 0.15) is 78.2 Å². The minimum absolute atomic E-state index is 0.0677. The van der Waals surface area contributed by atoms with Crippen LogP contribution in [0, 0.1) is 0 Å². The summed E-state index contributed by atoms with van der Waals surface area (Å²) < 4.78 is 50.3. The molecule has 4 rings (SSSR count). The third-order valence-electron chi connectivity index (χ3n) is 8.53. The average molecular weight is 815 g/mol. The van der Waals surface area contributed by atoms with Crippen LogP contribution in [0.4, 0.5) is 16.2 Å². The van der Waals surface area contributed by atoms with E-state index < -0.39 is 109 Å². The Morgan fingerprint density at radius 1 is 0.534 bits per heavy atom. The number of anilines is 2. The lowest BCUT2D eigenvalue weighted by atomic mass is 9.90. The van der Waals surface area contributed by atoms with E-state index in [0.717, 1.165) is 27.7 Å². The van der Waals surface area contributed by atoms with Gasteiger partial charge in [0.2, 0.25) is 0 Å². The van der Waals surface area contributed by atoms with Gasteiger partial charge in [-0.2, -0.15) is 0 Å². The zero-order valence-electron chi connectivity index (χ0n) is 32.9. The van der Waals surface area contributed by atoms with Gasteiger partial charge in [-0.25, -0.2) is 4.79 Å². The zero-order valence-corrected chi connectivity index (χ0v) is 32.9. The maximum absolute atomic E-state index is 13.4. The maximum Gasteiger partial charge on any atom is 0.323 e. The van der Waals surface area contributed by atoms with Gasteiger partial charge in [0.25, 0.3) is 0 Å². The quantitative estimate of drug-likeness (QED) is 0.217. The highest BCUT2D eigenvalue weighted by Crippen LogP contribution is 2.39. The predicted molar refractivity (Wildman–Crippen MR) is 196 cm³/mol. The molecular weight excluding hydrogens is 768 g/mol. The summed E-state index contributed by atoms with van der Waals surface area (Å²) in [5.74, 6) is -4.83. The average Bonchev–Trinajstić information content (AvgIpc) is 3.11. The van der Waals surface area contributed by atoms with Gasteiger partial charge >= 0.3 is 47.8 Å². The molecule has 0 aliphatic carbocycles. The van der Waals surface area contributed by atoms with Crippen LogP contribution < -0.4 is 10.6 Å². The van der Waals surface area contributed by atoms with Gasteiger partial charge in [-0.05, 0) is 35.4 Å². The monoisotopic (exact) mass is 814 g/mol. The Morgan fingerprint density at radius 2 is 0.983 bits per heavy atom. The van der Waals surface area contributed by atoms with Gasteiger partial charge < -0.3 is 53.3 Å². The molecule has 9 atom stereocenters. The molecule has 0 spiro atoms. The van der Waals surface area contributed by atoms with Crippen molar-refractivity contribution in [2.75, 3.05) is 23.8 Å². The number of amides is 2. The lowest BCUT2D eigenvalue weighted by Crippen LogP contribution is -2.59. The first-order valence-corrected chi connectivity index (χ1v) is 18.1. The lowest BCUT2D eigenvalue weighted by molar-refractivity contribution is -0.254. The highest BCUT2D eigenvalue weighted by Gasteiger charge is 2.52. The van der Waals surface area contributed by atoms with Crippen LogP contribution in [-0.4, -0.2) is 104 Å². The van der Waals surface area contributed by atoms with Crippen LogP contribution >= 0.6 is 0 Å². The van der Waals surface area contributed by atoms with Gasteiger partial charge in [-0.15, -0.1) is 0 Å². The first-order valence-electron chi connectivity index (χ1n) is 18.1. The molecular formula is C39H46N2O17. The number of rotatable bonds is 13. The summed E-state index contributed by atoms with van der Waals surface area (Å²) in [5, 5.41) is 5.43. The SMILES string of the molecule is CC(=O)OC[C@@H]1C[C@H](OC(C)=O)[C@H](OC(C)=O)[C@@H](c2cccc(NC(=O)Nc3cccc([C@H]4O[C@H](COC(C)=O)[C@@H](OC(C)=O)[C@H](OC(C)=O)[C@@H]4OC(C)=O)c3)c2)O1. The molecule has 2 aliphatic heterocycles. The van der Waals surface area contributed by atoms with Crippen molar-refractivity contribution in [1.82, 2.24) is 0 Å². The number of carbonyl (C=O) groups excluding carboxylic acids is 8. The topological polar surface area (TPSA) is 244 Å². The summed E-state index contributed by atoms with van der Waals surface area (Å²) in [6, 6.07) is 11.9. The standard InChI is InChI=1S/C39H46N2O17/c1-19(42)50-17-30-16-31(52-21(3)44)35(53-22(4)45)33(57-30)26-10-8-12-28(14-26)40-39(49)41-29-13-9-11-27(15-29)34-37(55-24(6)47)38(56-25(7)48)36(54-23(5)46)32(58-34)18-51-20(2)43/h8-15,30-38H,16-18H2,1-7H3,(H2,40,41,49)/t30-,31-,32+,33+,34+,35-,36+,37+,38-/m0/s1. The summed E-state index contributed by atoms with van der Waals surface area (Å²) in [7, 11) is 0. The van der Waals surface area contributed by atoms with Crippen molar-refractivity contribution < 1.29 is 81.0 Å². The van der Waals surface area contributed by atoms with E-state index in [-0.39, 0.29) is 24.4 Å². The van der Waals surface area contributed by atoms with Crippen LogP contribution in [0.2, 0.25) is 0 Å². The molecule has 0 radical (unpaired) electrons. The minimum atomic E-state index is -1.40. The van der Waals surface area contributed by atoms with E-state index in [1.807, 2.05) is 0 Å². The fraction of sp³-hybridized carbons (Fsp3) is 0.487. The molecule has 58 heavy (non-hydrogen) atoms. The third kappa shape index (κ3) is 13.0. The van der Waals surface area contributed by atoms with E-state index in [4.69, 9.17) is 42.6 Å². The molecule has 19 nitrogen and oxygen atoms in total. The molecule has 2 fully saturated rings. The second kappa shape index (κ2) is 20.4. The van der Waals surface area contributed by atoms with Gasteiger partial charge in [0.15, 0.2) is 24.4 Å². The van der Waals surface area contributed by atoms with Crippen LogP contribution in [-0.2, 0) is 76.2 Å². The third-order valence-corrected chi connectivity index (χ3v) is 8.53. The lowest BCUT2D eigenvalue weighted by Gasteiger charge is -2.44. The molecule has 19 heteroatoms. The first kappa shape index (κ1) is 44.6. The van der Waals surface area contributed by atoms with Crippen molar-refractivity contribution in [2.45, 2.75) is 110 Å². The van der Waals surface area contributed by atoms with Gasteiger partial charge in [0, 0.05) is 66.3 Å². The maximum atomic E-state index is 13.4. The van der Waals surface area contributed by atoms with Gasteiger partial charge in [0.1, 0.15) is 37.6 Å². The number of esters is 7. The molecule has 2 saturated heterocycles. The van der Waals surface area contributed by atoms with E-state index in [1.54, 1.807) is 42.5 Å². The Kier molecular flexibility index (Phi) is 15.7. The van der Waals surface area contributed by atoms with Crippen LogP contribution in [0.25, 0.3) is 0 Å². The van der Waals surface area contributed by atoms with E-state index in [9.17, 15) is 38.4 Å². The minimum Gasteiger partial charge on any atom is -0.463 e. The highest BCUT2D eigenvalue weighted by molar-refractivity contribution is 5.99. The van der Waals surface area contributed by atoms with Crippen molar-refractivity contribution in [3.8, 4) is 0 Å². The van der Waals surface area contributed by atoms with E-state index >= 15 is 0 Å². The number of urea groups is 1. The van der Waals surface area contributed by atoms with Crippen molar-refractivity contribution in [3.63, 3.8) is 0 Å². The number of hydrogen-bond donors (Lipinski definition) is 2. The summed E-state index contributed by atoms with van der Waals surface area (Å²) in [5.41, 5.74) is 1.28. The van der Waals surface area contributed by atoms with Crippen LogP contribution in [0.3, 0.4) is 0 Å². The Morgan fingerprint density at radius 3 is 1.48 bits per heavy atom. The van der Waals surface area contributed by atoms with Crippen LogP contribution in [0.5, 0.6) is 0 Å². The Labute approximate surface area is 333 Å². The first-order chi connectivity index (χ1) is 27.4. The molecule has 2 amide bonds. The number of carbonyl (C=O) groups is 8. The molecule has 2 N–H and O–H groups in total. The summed E-state index contributed by atoms with van der Waals surface area (Å²) in [4.78, 5) is 97.5. The number of nitrogens with one attached hydrogen (secondary N) is 2. The molecule has 0 bridgehead atoms. The molecule has 0 unspecified atom stereocenters. The van der Waals surface area contributed by atoms with E-state index in [2.05, 4.69) is 10.6 Å². The Balaban J connectivity index is 1.60. The van der Waals surface area contributed by atoms with Crippen molar-refractivity contribution in [2.24, 2.45) is 0 Å². The number of ether oxygens (including phenoxy) is 9. The molecule has 2 heterocycles. The number of hydrogen-bond acceptors (Lipinski definition) is 17. The normalized spacial score (nSPS) is 25.1. The Bertz CT molecular complexity index is 1870. The summed E-state index contributed by atoms with van der Waals surface area (Å²) >= 11 is 0. The zero-order chi connectivity index (χ0) is 42.7. The van der Waals surface area contributed by atoms with Gasteiger partial charge in [-0.1, -0.05) is 24.3 Å². The predicted octanol–water partition coefficient (Wildman–Crippen LogP) is 3.39. The van der Waals surface area contributed by atoms with E-state index in [1.165, 1.54) is 26.8 Å². The van der Waals surface area contributed by atoms with E-state index in [0.29, 0.717) is 11.1 Å². The second-order valence-electron chi connectivity index (χ2n) is 13.4. The summed E-state index contributed by atoms with van der Waals surface area (Å²) in [6.07, 6.45) is -10.2. The van der Waals surface area contributed by atoms with Crippen molar-refractivity contribution in [1.29, 1.82) is 0 Å². The molecule has 2 aromatic carbocycles. The van der Waals surface area contributed by atoms with Gasteiger partial charge in [0.05, 0.1) is 6.10 Å². The van der Waals surface area contributed by atoms with Gasteiger partial charge in [-0.3, -0.25) is 33.6 Å². The van der Waals surface area contributed by atoms with Crippen molar-refractivity contribution >= 4 is 59.2 Å². The largest absolute Gasteiger partial charge is 0.463 e. The molecule has 2 aliphatic rings. The number of benzene rings is 2. The van der Waals surface area contributed by atoms with Crippen LogP contribution in [0.15, 0.2) is 48.5 Å². The fourth-order valence-electron chi connectivity index (χ4n) is 6.55. The molecule has 0 aromatic heterocycles. The Hall–Kier alpha value is -6.08.